The lowest BCUT2D eigenvalue weighted by atomic mass is 9.94. The van der Waals surface area contributed by atoms with E-state index in [2.05, 4.69) is 9.97 Å². The fourth-order valence-electron chi connectivity index (χ4n) is 3.52. The van der Waals surface area contributed by atoms with Gasteiger partial charge in [0.1, 0.15) is 17.7 Å². The van der Waals surface area contributed by atoms with E-state index in [1.807, 2.05) is 0 Å². The molecular formula is C19H24ClFN2O4S. The average molecular weight is 431 g/mol. The Hall–Kier alpha value is -1.48. The van der Waals surface area contributed by atoms with Crippen molar-refractivity contribution in [2.24, 2.45) is 0 Å². The highest BCUT2D eigenvalue weighted by Gasteiger charge is 2.29. The van der Waals surface area contributed by atoms with Gasteiger partial charge in [-0.2, -0.15) is 0 Å². The Labute approximate surface area is 169 Å². The van der Waals surface area contributed by atoms with Crippen molar-refractivity contribution >= 4 is 21.4 Å². The summed E-state index contributed by atoms with van der Waals surface area (Å²) in [5.41, 5.74) is 1.04. The number of aryl methyl sites for hydroxylation is 1. The Morgan fingerprint density at radius 1 is 1.25 bits per heavy atom. The molecular weight excluding hydrogens is 407 g/mol. The number of methoxy groups -OCH3 is 1. The SMILES string of the molecule is COC1CCC(O[C@H](c2ccc(F)c(Cl)c2)c2nc(S(C)(=O)=O)c(C)[nH]2)CC1. The van der Waals surface area contributed by atoms with E-state index >= 15 is 0 Å². The van der Waals surface area contributed by atoms with Crippen LogP contribution in [0.15, 0.2) is 23.2 Å². The third kappa shape index (κ3) is 4.74. The molecule has 0 bridgehead atoms. The summed E-state index contributed by atoms with van der Waals surface area (Å²) in [6.07, 6.45) is 3.97. The number of rotatable bonds is 6. The Morgan fingerprint density at radius 3 is 2.43 bits per heavy atom. The van der Waals surface area contributed by atoms with E-state index in [0.717, 1.165) is 31.9 Å². The number of halogens is 2. The molecule has 1 heterocycles. The maximum atomic E-state index is 13.6. The molecule has 6 nitrogen and oxygen atoms in total. The Balaban J connectivity index is 1.94. The van der Waals surface area contributed by atoms with Gasteiger partial charge >= 0.3 is 0 Å². The standard InChI is InChI=1S/C19H24ClFN2O4S/c1-11-19(28(3,24)25)23-18(22-11)17(12-4-9-16(21)15(20)10-12)27-14-7-5-13(26-2)6-8-14/h4,9-10,13-14,17H,5-8H2,1-3H3,(H,22,23)/t13?,14?,17-/m1/s1. The van der Waals surface area contributed by atoms with Crippen molar-refractivity contribution in [1.29, 1.82) is 0 Å². The molecule has 0 unspecified atom stereocenters. The van der Waals surface area contributed by atoms with Crippen molar-refractivity contribution in [3.8, 4) is 0 Å². The molecule has 28 heavy (non-hydrogen) atoms. The van der Waals surface area contributed by atoms with Crippen LogP contribution in [0, 0.1) is 12.7 Å². The molecule has 1 N–H and O–H groups in total. The van der Waals surface area contributed by atoms with Crippen LogP contribution in [-0.2, 0) is 19.3 Å². The second kappa shape index (κ2) is 8.49. The second-order valence-electron chi connectivity index (χ2n) is 7.15. The highest BCUT2D eigenvalue weighted by molar-refractivity contribution is 7.90. The van der Waals surface area contributed by atoms with E-state index in [0.29, 0.717) is 17.1 Å². The van der Waals surface area contributed by atoms with E-state index < -0.39 is 21.8 Å². The molecule has 1 aromatic carbocycles. The normalized spacial score (nSPS) is 21.6. The van der Waals surface area contributed by atoms with Gasteiger partial charge in [0, 0.05) is 13.4 Å². The van der Waals surface area contributed by atoms with Crippen LogP contribution in [0.25, 0.3) is 0 Å². The van der Waals surface area contributed by atoms with E-state index in [1.165, 1.54) is 12.1 Å². The predicted molar refractivity (Wildman–Crippen MR) is 104 cm³/mol. The molecule has 0 amide bonds. The molecule has 3 rings (SSSR count). The molecule has 1 fully saturated rings. The lowest BCUT2D eigenvalue weighted by molar-refractivity contribution is -0.0443. The van der Waals surface area contributed by atoms with E-state index in [-0.39, 0.29) is 22.3 Å². The van der Waals surface area contributed by atoms with Gasteiger partial charge in [0.05, 0.1) is 22.9 Å². The van der Waals surface area contributed by atoms with Gasteiger partial charge in [-0.1, -0.05) is 17.7 Å². The van der Waals surface area contributed by atoms with Crippen LogP contribution in [0.4, 0.5) is 4.39 Å². The number of hydrogen-bond donors (Lipinski definition) is 1. The first-order chi connectivity index (χ1) is 13.2. The molecule has 1 saturated carbocycles. The smallest absolute Gasteiger partial charge is 0.194 e. The molecule has 0 radical (unpaired) electrons. The van der Waals surface area contributed by atoms with Gasteiger partial charge in [0.15, 0.2) is 14.9 Å². The first-order valence-corrected chi connectivity index (χ1v) is 11.4. The van der Waals surface area contributed by atoms with Crippen LogP contribution >= 0.6 is 11.6 Å². The number of aromatic amines is 1. The minimum atomic E-state index is -3.49. The van der Waals surface area contributed by atoms with Crippen molar-refractivity contribution in [3.05, 3.63) is 46.1 Å². The van der Waals surface area contributed by atoms with E-state index in [9.17, 15) is 12.8 Å². The van der Waals surface area contributed by atoms with E-state index in [4.69, 9.17) is 21.1 Å². The molecule has 1 atom stereocenters. The predicted octanol–water partition coefficient (Wildman–Crippen LogP) is 3.98. The van der Waals surface area contributed by atoms with Gasteiger partial charge in [-0.3, -0.25) is 0 Å². The van der Waals surface area contributed by atoms with Gasteiger partial charge in [0.25, 0.3) is 0 Å². The third-order valence-corrected chi connectivity index (χ3v) is 6.38. The van der Waals surface area contributed by atoms with Crippen molar-refractivity contribution in [2.75, 3.05) is 13.4 Å². The molecule has 0 saturated heterocycles. The van der Waals surface area contributed by atoms with Crippen molar-refractivity contribution in [1.82, 2.24) is 9.97 Å². The number of benzene rings is 1. The summed E-state index contributed by atoms with van der Waals surface area (Å²) in [6, 6.07) is 4.33. The maximum absolute atomic E-state index is 13.6. The van der Waals surface area contributed by atoms with Crippen LogP contribution in [0.1, 0.15) is 48.9 Å². The maximum Gasteiger partial charge on any atom is 0.194 e. The molecule has 0 spiro atoms. The molecule has 1 aliphatic carbocycles. The van der Waals surface area contributed by atoms with Gasteiger partial charge in [-0.05, 0) is 50.3 Å². The van der Waals surface area contributed by atoms with Crippen LogP contribution in [0.3, 0.4) is 0 Å². The lowest BCUT2D eigenvalue weighted by Crippen LogP contribution is -2.27. The summed E-state index contributed by atoms with van der Waals surface area (Å²) >= 11 is 5.96. The van der Waals surface area contributed by atoms with Gasteiger partial charge in [-0.25, -0.2) is 17.8 Å². The summed E-state index contributed by atoms with van der Waals surface area (Å²) in [5, 5.41) is -0.0480. The minimum absolute atomic E-state index is 0.0209. The first-order valence-electron chi connectivity index (χ1n) is 9.08. The summed E-state index contributed by atoms with van der Waals surface area (Å²) in [6.45, 7) is 1.64. The van der Waals surface area contributed by atoms with E-state index in [1.54, 1.807) is 20.1 Å². The topological polar surface area (TPSA) is 81.3 Å². The number of sulfone groups is 1. The Kier molecular flexibility index (Phi) is 6.44. The monoisotopic (exact) mass is 430 g/mol. The van der Waals surface area contributed by atoms with Crippen LogP contribution in [0.2, 0.25) is 5.02 Å². The fraction of sp³-hybridized carbons (Fsp3) is 0.526. The zero-order valence-corrected chi connectivity index (χ0v) is 17.6. The van der Waals surface area contributed by atoms with Crippen molar-refractivity contribution < 1.29 is 22.3 Å². The molecule has 154 valence electrons. The van der Waals surface area contributed by atoms with Crippen molar-refractivity contribution in [2.45, 2.75) is 55.9 Å². The minimum Gasteiger partial charge on any atom is -0.381 e. The third-order valence-electron chi connectivity index (χ3n) is 4.99. The molecule has 1 aliphatic rings. The number of aromatic nitrogens is 2. The number of nitrogens with zero attached hydrogens (tertiary/aromatic N) is 1. The van der Waals surface area contributed by atoms with Crippen molar-refractivity contribution in [3.63, 3.8) is 0 Å². The molecule has 9 heteroatoms. The summed E-state index contributed by atoms with van der Waals surface area (Å²) in [5.74, 6) is -0.174. The zero-order valence-electron chi connectivity index (χ0n) is 16.0. The second-order valence-corrected chi connectivity index (χ2v) is 9.49. The highest BCUT2D eigenvalue weighted by Crippen LogP contribution is 2.33. The zero-order chi connectivity index (χ0) is 20.5. The average Bonchev–Trinajstić information content (AvgIpc) is 3.04. The van der Waals surface area contributed by atoms with Crippen LogP contribution in [-0.4, -0.2) is 44.0 Å². The Morgan fingerprint density at radius 2 is 1.89 bits per heavy atom. The number of hydrogen-bond acceptors (Lipinski definition) is 5. The van der Waals surface area contributed by atoms with Crippen LogP contribution < -0.4 is 0 Å². The van der Waals surface area contributed by atoms with Gasteiger partial charge < -0.3 is 14.5 Å². The van der Waals surface area contributed by atoms with Gasteiger partial charge in [-0.15, -0.1) is 0 Å². The first kappa shape index (κ1) is 21.2. The number of ether oxygens (including phenoxy) is 2. The fourth-order valence-corrected chi connectivity index (χ4v) is 4.59. The number of imidazole rings is 1. The quantitative estimate of drug-likeness (QED) is 0.749. The summed E-state index contributed by atoms with van der Waals surface area (Å²) < 4.78 is 49.3. The Bertz CT molecular complexity index is 939. The highest BCUT2D eigenvalue weighted by atomic mass is 35.5. The molecule has 0 aliphatic heterocycles. The lowest BCUT2D eigenvalue weighted by Gasteiger charge is -2.30. The number of nitrogens with one attached hydrogen (secondary N) is 1. The number of H-pyrrole nitrogens is 1. The van der Waals surface area contributed by atoms with Gasteiger partial charge in [0.2, 0.25) is 0 Å². The summed E-state index contributed by atoms with van der Waals surface area (Å²) in [7, 11) is -1.79. The van der Waals surface area contributed by atoms with Crippen LogP contribution in [0.5, 0.6) is 0 Å². The molecule has 2 aromatic rings. The largest absolute Gasteiger partial charge is 0.381 e. The summed E-state index contributed by atoms with van der Waals surface area (Å²) in [4.78, 5) is 7.29. The molecule has 1 aromatic heterocycles.